The van der Waals surface area contributed by atoms with Crippen molar-refractivity contribution in [1.82, 2.24) is 9.97 Å². The van der Waals surface area contributed by atoms with Gasteiger partial charge in [0.25, 0.3) is 0 Å². The summed E-state index contributed by atoms with van der Waals surface area (Å²) in [6, 6.07) is 0. The molecule has 0 radical (unpaired) electrons. The maximum Gasteiger partial charge on any atom is 0.134 e. The van der Waals surface area contributed by atoms with Crippen LogP contribution >= 0.6 is 0 Å². The molecule has 106 valence electrons. The molecule has 0 amide bonds. The van der Waals surface area contributed by atoms with Gasteiger partial charge in [-0.2, -0.15) is 0 Å². The molecule has 1 heterocycles. The predicted molar refractivity (Wildman–Crippen MR) is 80.6 cm³/mol. The quantitative estimate of drug-likeness (QED) is 0.791. The highest BCUT2D eigenvalue weighted by molar-refractivity contribution is 5.57. The normalized spacial score (nSPS) is 20.1. The van der Waals surface area contributed by atoms with E-state index in [2.05, 4.69) is 48.3 Å². The van der Waals surface area contributed by atoms with Crippen molar-refractivity contribution < 1.29 is 0 Å². The van der Waals surface area contributed by atoms with E-state index in [1.807, 2.05) is 0 Å². The van der Waals surface area contributed by atoms with E-state index in [4.69, 9.17) is 0 Å². The zero-order valence-corrected chi connectivity index (χ0v) is 12.6. The molecule has 1 aliphatic carbocycles. The first kappa shape index (κ1) is 14.1. The fourth-order valence-corrected chi connectivity index (χ4v) is 2.44. The minimum atomic E-state index is 0.510. The Morgan fingerprint density at radius 3 is 2.37 bits per heavy atom. The van der Waals surface area contributed by atoms with Crippen molar-refractivity contribution in [2.24, 2.45) is 11.3 Å². The molecule has 19 heavy (non-hydrogen) atoms. The standard InChI is InChI=1S/C15H26N4/c1-5-7-16-13-12(6-2)14(19-10-18-13)17-9-11-8-15(11,3)4/h10-11H,5-9H2,1-4H3,(H2,16,17,18,19). The summed E-state index contributed by atoms with van der Waals surface area (Å²) in [4.78, 5) is 8.76. The maximum atomic E-state index is 4.40. The summed E-state index contributed by atoms with van der Waals surface area (Å²) in [5.41, 5.74) is 1.71. The van der Waals surface area contributed by atoms with Gasteiger partial charge in [-0.1, -0.05) is 27.7 Å². The van der Waals surface area contributed by atoms with Crippen LogP contribution in [0.1, 0.15) is 46.1 Å². The van der Waals surface area contributed by atoms with Crippen LogP contribution in [0.4, 0.5) is 11.6 Å². The monoisotopic (exact) mass is 262 g/mol. The smallest absolute Gasteiger partial charge is 0.134 e. The van der Waals surface area contributed by atoms with Crippen LogP contribution in [0, 0.1) is 11.3 Å². The number of nitrogens with zero attached hydrogens (tertiary/aromatic N) is 2. The minimum Gasteiger partial charge on any atom is -0.370 e. The first-order chi connectivity index (χ1) is 9.08. The first-order valence-corrected chi connectivity index (χ1v) is 7.40. The molecule has 1 atom stereocenters. The third-order valence-electron chi connectivity index (χ3n) is 4.07. The van der Waals surface area contributed by atoms with Crippen LogP contribution in [0.5, 0.6) is 0 Å². The van der Waals surface area contributed by atoms with Crippen LogP contribution in [-0.2, 0) is 6.42 Å². The molecule has 0 bridgehead atoms. The highest BCUT2D eigenvalue weighted by atomic mass is 15.1. The molecule has 2 rings (SSSR count). The number of rotatable bonds is 7. The summed E-state index contributed by atoms with van der Waals surface area (Å²) < 4.78 is 0. The summed E-state index contributed by atoms with van der Waals surface area (Å²) in [5.74, 6) is 2.76. The third-order valence-corrected chi connectivity index (χ3v) is 4.07. The molecule has 1 aromatic rings. The number of hydrogen-bond acceptors (Lipinski definition) is 4. The van der Waals surface area contributed by atoms with Crippen LogP contribution in [0.15, 0.2) is 6.33 Å². The zero-order chi connectivity index (χ0) is 13.9. The Labute approximate surface area is 116 Å². The second kappa shape index (κ2) is 5.76. The molecule has 1 aromatic heterocycles. The topological polar surface area (TPSA) is 49.8 Å². The van der Waals surface area contributed by atoms with Gasteiger partial charge in [-0.3, -0.25) is 0 Å². The van der Waals surface area contributed by atoms with E-state index in [0.717, 1.165) is 43.5 Å². The largest absolute Gasteiger partial charge is 0.370 e. The van der Waals surface area contributed by atoms with Gasteiger partial charge in [-0.25, -0.2) is 9.97 Å². The lowest BCUT2D eigenvalue weighted by atomic mass is 10.1. The first-order valence-electron chi connectivity index (χ1n) is 7.40. The predicted octanol–water partition coefficient (Wildman–Crippen LogP) is 3.32. The Bertz CT molecular complexity index is 428. The second-order valence-corrected chi connectivity index (χ2v) is 6.10. The van der Waals surface area contributed by atoms with Gasteiger partial charge >= 0.3 is 0 Å². The Morgan fingerprint density at radius 1 is 1.21 bits per heavy atom. The molecular weight excluding hydrogens is 236 g/mol. The van der Waals surface area contributed by atoms with E-state index in [0.29, 0.717) is 5.41 Å². The summed E-state index contributed by atoms with van der Waals surface area (Å²) in [6.45, 7) is 10.9. The Kier molecular flexibility index (Phi) is 4.27. The number of nitrogens with one attached hydrogen (secondary N) is 2. The van der Waals surface area contributed by atoms with Gasteiger partial charge in [0.2, 0.25) is 0 Å². The second-order valence-electron chi connectivity index (χ2n) is 6.10. The molecule has 1 fully saturated rings. The van der Waals surface area contributed by atoms with E-state index in [-0.39, 0.29) is 0 Å². The van der Waals surface area contributed by atoms with Gasteiger partial charge in [0.1, 0.15) is 18.0 Å². The van der Waals surface area contributed by atoms with Crippen molar-refractivity contribution >= 4 is 11.6 Å². The van der Waals surface area contributed by atoms with Gasteiger partial charge in [0.15, 0.2) is 0 Å². The average Bonchev–Trinajstić information content (AvgIpc) is 3.01. The van der Waals surface area contributed by atoms with E-state index in [1.54, 1.807) is 6.33 Å². The molecule has 0 saturated heterocycles. The molecule has 4 heteroatoms. The Balaban J connectivity index is 2.02. The lowest BCUT2D eigenvalue weighted by Gasteiger charge is -2.14. The molecule has 0 spiro atoms. The summed E-state index contributed by atoms with van der Waals surface area (Å²) in [7, 11) is 0. The van der Waals surface area contributed by atoms with Crippen LogP contribution in [0.2, 0.25) is 0 Å². The van der Waals surface area contributed by atoms with E-state index < -0.39 is 0 Å². The van der Waals surface area contributed by atoms with Crippen LogP contribution in [-0.4, -0.2) is 23.1 Å². The number of aromatic nitrogens is 2. The summed E-state index contributed by atoms with van der Waals surface area (Å²) in [5, 5.41) is 6.89. The van der Waals surface area contributed by atoms with Gasteiger partial charge in [-0.05, 0) is 30.6 Å². The molecule has 0 aliphatic heterocycles. The third kappa shape index (κ3) is 3.37. The number of anilines is 2. The minimum absolute atomic E-state index is 0.510. The van der Waals surface area contributed by atoms with E-state index in [9.17, 15) is 0 Å². The Morgan fingerprint density at radius 2 is 1.84 bits per heavy atom. The molecule has 1 aliphatic rings. The zero-order valence-electron chi connectivity index (χ0n) is 12.6. The lowest BCUT2D eigenvalue weighted by molar-refractivity contribution is 0.572. The van der Waals surface area contributed by atoms with Crippen molar-refractivity contribution in [3.05, 3.63) is 11.9 Å². The molecule has 0 aromatic carbocycles. The maximum absolute atomic E-state index is 4.40. The van der Waals surface area contributed by atoms with Crippen LogP contribution in [0.25, 0.3) is 0 Å². The Hall–Kier alpha value is -1.32. The fraction of sp³-hybridized carbons (Fsp3) is 0.733. The van der Waals surface area contributed by atoms with Gasteiger partial charge < -0.3 is 10.6 Å². The van der Waals surface area contributed by atoms with E-state index >= 15 is 0 Å². The van der Waals surface area contributed by atoms with E-state index in [1.165, 1.54) is 12.0 Å². The average molecular weight is 262 g/mol. The van der Waals surface area contributed by atoms with Gasteiger partial charge in [-0.15, -0.1) is 0 Å². The number of hydrogen-bond donors (Lipinski definition) is 2. The fourth-order valence-electron chi connectivity index (χ4n) is 2.44. The highest BCUT2D eigenvalue weighted by Crippen LogP contribution is 2.51. The van der Waals surface area contributed by atoms with Crippen LogP contribution < -0.4 is 10.6 Å². The molecule has 1 unspecified atom stereocenters. The van der Waals surface area contributed by atoms with Crippen molar-refractivity contribution in [3.8, 4) is 0 Å². The highest BCUT2D eigenvalue weighted by Gasteiger charge is 2.45. The lowest BCUT2D eigenvalue weighted by Crippen LogP contribution is -2.13. The molecule has 2 N–H and O–H groups in total. The van der Waals surface area contributed by atoms with Crippen molar-refractivity contribution in [2.75, 3.05) is 23.7 Å². The summed E-state index contributed by atoms with van der Waals surface area (Å²) >= 11 is 0. The summed E-state index contributed by atoms with van der Waals surface area (Å²) in [6.07, 6.45) is 5.01. The van der Waals surface area contributed by atoms with Gasteiger partial charge in [0, 0.05) is 18.7 Å². The molecule has 1 saturated carbocycles. The molecular formula is C15H26N4. The van der Waals surface area contributed by atoms with Crippen LogP contribution in [0.3, 0.4) is 0 Å². The SMILES string of the molecule is CCCNc1ncnc(NCC2CC2(C)C)c1CC. The molecule has 4 nitrogen and oxygen atoms in total. The van der Waals surface area contributed by atoms with Gasteiger partial charge in [0.05, 0.1) is 0 Å². The van der Waals surface area contributed by atoms with Crippen molar-refractivity contribution in [2.45, 2.75) is 47.0 Å². The van der Waals surface area contributed by atoms with Crippen molar-refractivity contribution in [1.29, 1.82) is 0 Å². The van der Waals surface area contributed by atoms with Crippen molar-refractivity contribution in [3.63, 3.8) is 0 Å².